The predicted molar refractivity (Wildman–Crippen MR) is 219 cm³/mol. The summed E-state index contributed by atoms with van der Waals surface area (Å²) in [7, 11) is 0. The van der Waals surface area contributed by atoms with E-state index in [1.54, 1.807) is 0 Å². The first-order chi connectivity index (χ1) is 26.7. The first-order valence-electron chi connectivity index (χ1n) is 17.8. The first kappa shape index (κ1) is 32.5. The Kier molecular flexibility index (Phi) is 8.81. The molecule has 6 aliphatic carbocycles. The molecule has 3 aromatic carbocycles. The molecule has 0 unspecified atom stereocenters. The average molecular weight is 693 g/mol. The molecule has 254 valence electrons. The minimum atomic E-state index is 0.775. The maximum atomic E-state index is 4.73. The molecule has 0 atom stereocenters. The van der Waals surface area contributed by atoms with E-state index in [9.17, 15) is 0 Å². The molecule has 6 nitrogen and oxygen atoms in total. The molecule has 3 aromatic rings. The molecule has 0 N–H and O–H groups in total. The van der Waals surface area contributed by atoms with Gasteiger partial charge in [0.25, 0.3) is 0 Å². The summed E-state index contributed by atoms with van der Waals surface area (Å²) in [6.45, 7) is 0. The SMILES string of the molecule is c1ccc2ccc(N=Nc3ccc(-c4ccc(N=Nc5cc(-c6ccc(N=Nc7ccc8cccccc7-8)cc6)c6cccccc5-6)cc4)cc3)c-2cc1. The molecule has 0 saturated heterocycles. The molecule has 9 rings (SSSR count). The van der Waals surface area contributed by atoms with E-state index in [0.717, 1.165) is 89.8 Å². The molecule has 54 heavy (non-hydrogen) atoms. The van der Waals surface area contributed by atoms with Gasteiger partial charge in [-0.15, -0.1) is 15.3 Å². The Bertz CT molecular complexity index is 2690. The van der Waals surface area contributed by atoms with Crippen molar-refractivity contribution >= 4 is 34.1 Å². The van der Waals surface area contributed by atoms with Gasteiger partial charge in [-0.05, 0) is 93.5 Å². The fraction of sp³-hybridized carbons (Fsp3) is 0. The van der Waals surface area contributed by atoms with Crippen LogP contribution in [0, 0.1) is 0 Å². The van der Waals surface area contributed by atoms with Gasteiger partial charge in [0.1, 0.15) is 0 Å². The van der Waals surface area contributed by atoms with Gasteiger partial charge in [-0.3, -0.25) is 0 Å². The van der Waals surface area contributed by atoms with Crippen molar-refractivity contribution in [1.29, 1.82) is 0 Å². The summed E-state index contributed by atoms with van der Waals surface area (Å²) < 4.78 is 0. The number of hydrogen-bond donors (Lipinski definition) is 0. The standard InChI is InChI=1S/C48H32N6/c1-4-10-35-22-30-46(41(35)12-6-1)52-49-38-24-16-33(17-25-38)34-18-26-39(27-19-34)51-54-48-32-45(43-14-8-3-9-15-44(43)48)37-20-28-40(29-21-37)50-53-47-31-23-36-11-5-2-7-13-42(36)47/h1-32H. The van der Waals surface area contributed by atoms with Crippen molar-refractivity contribution in [2.24, 2.45) is 30.7 Å². The van der Waals surface area contributed by atoms with Crippen LogP contribution < -0.4 is 0 Å². The zero-order chi connectivity index (χ0) is 36.1. The van der Waals surface area contributed by atoms with Crippen LogP contribution in [0.5, 0.6) is 0 Å². The third-order valence-electron chi connectivity index (χ3n) is 9.49. The summed E-state index contributed by atoms with van der Waals surface area (Å²) in [5.74, 6) is 0. The Hall–Kier alpha value is -7.44. The predicted octanol–water partition coefficient (Wildman–Crippen LogP) is 15.6. The van der Waals surface area contributed by atoms with Gasteiger partial charge in [0.05, 0.1) is 34.1 Å². The van der Waals surface area contributed by atoms with E-state index in [4.69, 9.17) is 5.11 Å². The van der Waals surface area contributed by atoms with Gasteiger partial charge in [-0.1, -0.05) is 140 Å². The summed E-state index contributed by atoms with van der Waals surface area (Å²) in [4.78, 5) is 0. The van der Waals surface area contributed by atoms with Gasteiger partial charge in [-0.25, -0.2) is 0 Å². The lowest BCUT2D eigenvalue weighted by Gasteiger charge is -2.03. The van der Waals surface area contributed by atoms with Gasteiger partial charge in [0.15, 0.2) is 0 Å². The largest absolute Gasteiger partial charge is 0.151 e. The van der Waals surface area contributed by atoms with Crippen LogP contribution >= 0.6 is 0 Å². The van der Waals surface area contributed by atoms with Crippen LogP contribution in [0.25, 0.3) is 55.6 Å². The number of nitrogens with zero attached hydrogens (tertiary/aromatic N) is 6. The van der Waals surface area contributed by atoms with Crippen LogP contribution in [0.15, 0.2) is 225 Å². The van der Waals surface area contributed by atoms with Crippen molar-refractivity contribution in [2.45, 2.75) is 0 Å². The third-order valence-corrected chi connectivity index (χ3v) is 9.49. The molecule has 0 heterocycles. The fourth-order valence-electron chi connectivity index (χ4n) is 6.67. The van der Waals surface area contributed by atoms with Gasteiger partial charge in [0.2, 0.25) is 0 Å². The molecular formula is C48H32N6. The zero-order valence-corrected chi connectivity index (χ0v) is 29.2. The summed E-state index contributed by atoms with van der Waals surface area (Å²) >= 11 is 0. The first-order valence-corrected chi connectivity index (χ1v) is 17.8. The second-order valence-corrected chi connectivity index (χ2v) is 12.9. The number of hydrogen-bond acceptors (Lipinski definition) is 6. The van der Waals surface area contributed by atoms with Crippen LogP contribution in [0.1, 0.15) is 0 Å². The minimum absolute atomic E-state index is 0.775. The van der Waals surface area contributed by atoms with E-state index in [1.165, 1.54) is 0 Å². The molecule has 0 saturated carbocycles. The molecule has 0 spiro atoms. The molecule has 0 bridgehead atoms. The van der Waals surface area contributed by atoms with Crippen LogP contribution in [0.2, 0.25) is 0 Å². The highest BCUT2D eigenvalue weighted by Crippen LogP contribution is 2.44. The van der Waals surface area contributed by atoms with Crippen molar-refractivity contribution in [3.05, 3.63) is 194 Å². The number of rotatable bonds is 8. The second-order valence-electron chi connectivity index (χ2n) is 12.9. The highest BCUT2D eigenvalue weighted by atomic mass is 15.1. The molecular weight excluding hydrogens is 661 g/mol. The summed E-state index contributed by atoms with van der Waals surface area (Å²) in [6.07, 6.45) is 0. The van der Waals surface area contributed by atoms with Gasteiger partial charge >= 0.3 is 0 Å². The van der Waals surface area contributed by atoms with E-state index in [2.05, 4.69) is 123 Å². The molecule has 6 aliphatic rings. The van der Waals surface area contributed by atoms with Crippen LogP contribution in [0.3, 0.4) is 0 Å². The Balaban J connectivity index is 0.901. The zero-order valence-electron chi connectivity index (χ0n) is 29.2. The topological polar surface area (TPSA) is 74.2 Å². The Morgan fingerprint density at radius 3 is 1.04 bits per heavy atom. The molecule has 0 amide bonds. The normalized spacial score (nSPS) is 11.9. The smallest absolute Gasteiger partial charge is 0.0941 e. The number of fused-ring (bicyclic) bond motifs is 3. The van der Waals surface area contributed by atoms with Crippen molar-refractivity contribution in [1.82, 2.24) is 0 Å². The molecule has 0 aromatic heterocycles. The molecule has 0 radical (unpaired) electrons. The lowest BCUT2D eigenvalue weighted by atomic mass is 10.0. The van der Waals surface area contributed by atoms with Crippen molar-refractivity contribution in [3.63, 3.8) is 0 Å². The Morgan fingerprint density at radius 2 is 0.556 bits per heavy atom. The van der Waals surface area contributed by atoms with E-state index < -0.39 is 0 Å². The second kappa shape index (κ2) is 14.7. The van der Waals surface area contributed by atoms with Crippen molar-refractivity contribution < 1.29 is 0 Å². The highest BCUT2D eigenvalue weighted by Gasteiger charge is 2.16. The molecule has 6 heteroatoms. The van der Waals surface area contributed by atoms with Crippen LogP contribution in [0.4, 0.5) is 34.1 Å². The van der Waals surface area contributed by atoms with Crippen LogP contribution in [-0.4, -0.2) is 0 Å². The van der Waals surface area contributed by atoms with E-state index in [-0.39, 0.29) is 0 Å². The quantitative estimate of drug-likeness (QED) is 0.142. The lowest BCUT2D eigenvalue weighted by Crippen LogP contribution is -1.76. The number of benzene rings is 3. The monoisotopic (exact) mass is 692 g/mol. The highest BCUT2D eigenvalue weighted by molar-refractivity contribution is 5.94. The van der Waals surface area contributed by atoms with Crippen molar-refractivity contribution in [2.75, 3.05) is 0 Å². The van der Waals surface area contributed by atoms with Crippen LogP contribution in [-0.2, 0) is 0 Å². The van der Waals surface area contributed by atoms with Gasteiger partial charge < -0.3 is 0 Å². The summed E-state index contributed by atoms with van der Waals surface area (Å²) in [5, 5.41) is 27.5. The summed E-state index contributed by atoms with van der Waals surface area (Å²) in [6, 6.07) is 65.4. The van der Waals surface area contributed by atoms with Gasteiger partial charge in [-0.2, -0.15) is 15.3 Å². The average Bonchev–Trinajstić information content (AvgIpc) is 3.64. The fourth-order valence-corrected chi connectivity index (χ4v) is 6.67. The third kappa shape index (κ3) is 6.79. The molecule has 0 fully saturated rings. The summed E-state index contributed by atoms with van der Waals surface area (Å²) in [5.41, 5.74) is 15.8. The van der Waals surface area contributed by atoms with E-state index in [0.29, 0.717) is 0 Å². The number of azo groups is 3. The lowest BCUT2D eigenvalue weighted by molar-refractivity contribution is 1.24. The van der Waals surface area contributed by atoms with E-state index >= 15 is 0 Å². The maximum Gasteiger partial charge on any atom is 0.0941 e. The van der Waals surface area contributed by atoms with E-state index in [1.807, 2.05) is 97.1 Å². The Morgan fingerprint density at radius 1 is 0.204 bits per heavy atom. The molecule has 0 aliphatic heterocycles. The Labute approximate surface area is 313 Å². The van der Waals surface area contributed by atoms with Crippen molar-refractivity contribution in [3.8, 4) is 55.6 Å². The van der Waals surface area contributed by atoms with Gasteiger partial charge in [0, 0.05) is 16.7 Å². The minimum Gasteiger partial charge on any atom is -0.151 e. The maximum absolute atomic E-state index is 4.73.